The third-order valence-electron chi connectivity index (χ3n) is 14.4. The first-order valence-electron chi connectivity index (χ1n) is 31.2. The Morgan fingerprint density at radius 2 is 0.634 bits per heavy atom. The average Bonchev–Trinajstić information content (AvgIpc) is 3.33. The van der Waals surface area contributed by atoms with E-state index in [1.54, 1.807) is 0 Å². The van der Waals surface area contributed by atoms with E-state index in [1.807, 2.05) is 21.1 Å². The van der Waals surface area contributed by atoms with E-state index < -0.39 is 26.5 Å². The molecule has 0 aromatic carbocycles. The lowest BCUT2D eigenvalue weighted by atomic mass is 10.0. The maximum absolute atomic E-state index is 12.8. The molecule has 0 aliphatic heterocycles. The molecule has 0 aromatic rings. The van der Waals surface area contributed by atoms with Gasteiger partial charge in [-0.2, -0.15) is 0 Å². The number of nitrogens with zero attached hydrogens (tertiary/aromatic N) is 1. The van der Waals surface area contributed by atoms with Crippen molar-refractivity contribution < 1.29 is 42.1 Å². The first-order valence-corrected chi connectivity index (χ1v) is 32.7. The number of likely N-dealkylation sites (N-methyl/N-ethyl adjacent to an activating group) is 1. The normalized spacial score (nSPS) is 13.2. The topological polar surface area (TPSA) is 111 Å². The number of quaternary nitrogens is 1. The van der Waals surface area contributed by atoms with Gasteiger partial charge in [-0.1, -0.05) is 303 Å². The van der Waals surface area contributed by atoms with Gasteiger partial charge in [0.25, 0.3) is 7.82 Å². The Morgan fingerprint density at radius 3 is 0.901 bits per heavy atom. The molecule has 0 N–H and O–H groups in total. The molecule has 0 spiro atoms. The smallest absolute Gasteiger partial charge is 0.306 e. The molecule has 0 aromatic heterocycles. The first-order chi connectivity index (χ1) is 34.5. The number of phosphoric acid groups is 1. The molecule has 10 heteroatoms. The van der Waals surface area contributed by atoms with Crippen molar-refractivity contribution in [1.82, 2.24) is 0 Å². The van der Waals surface area contributed by atoms with E-state index in [-0.39, 0.29) is 32.0 Å². The number of unbranched alkanes of at least 4 members (excludes halogenated alkanes) is 45. The number of carbonyl (C=O) groups excluding carboxylic acids is 2. The van der Waals surface area contributed by atoms with Gasteiger partial charge in [0.15, 0.2) is 6.10 Å². The second kappa shape index (κ2) is 53.8. The maximum Gasteiger partial charge on any atom is 0.306 e. The zero-order valence-corrected chi connectivity index (χ0v) is 49.1. The van der Waals surface area contributed by atoms with Crippen LogP contribution in [0.15, 0.2) is 0 Å². The molecule has 2 unspecified atom stereocenters. The number of rotatable bonds is 59. The van der Waals surface area contributed by atoms with Gasteiger partial charge in [0.05, 0.1) is 27.7 Å². The monoisotopic (exact) mass is 1030 g/mol. The lowest BCUT2D eigenvalue weighted by Crippen LogP contribution is -2.37. The fourth-order valence-electron chi connectivity index (χ4n) is 9.54. The van der Waals surface area contributed by atoms with Crippen molar-refractivity contribution in [3.8, 4) is 0 Å². The highest BCUT2D eigenvalue weighted by atomic mass is 31.2. The molecule has 0 fully saturated rings. The fourth-order valence-corrected chi connectivity index (χ4v) is 10.3. The number of phosphoric ester groups is 1. The van der Waals surface area contributed by atoms with Crippen LogP contribution in [0.3, 0.4) is 0 Å². The van der Waals surface area contributed by atoms with Crippen molar-refractivity contribution in [3.63, 3.8) is 0 Å². The summed E-state index contributed by atoms with van der Waals surface area (Å²) in [5.74, 6) is -0.808. The second-order valence-corrected chi connectivity index (χ2v) is 24.2. The molecule has 71 heavy (non-hydrogen) atoms. The second-order valence-electron chi connectivity index (χ2n) is 22.8. The van der Waals surface area contributed by atoms with E-state index >= 15 is 0 Å². The van der Waals surface area contributed by atoms with Gasteiger partial charge in [-0.3, -0.25) is 14.2 Å². The number of ether oxygens (including phenoxy) is 2. The highest BCUT2D eigenvalue weighted by Crippen LogP contribution is 2.38. The molecular formula is C61H122NO8P. The number of hydrogen-bond donors (Lipinski definition) is 0. The van der Waals surface area contributed by atoms with E-state index in [1.165, 1.54) is 263 Å². The Labute approximate surface area is 442 Å². The van der Waals surface area contributed by atoms with Crippen molar-refractivity contribution >= 4 is 19.8 Å². The first kappa shape index (κ1) is 70.0. The van der Waals surface area contributed by atoms with Gasteiger partial charge in [-0.15, -0.1) is 0 Å². The minimum Gasteiger partial charge on any atom is -0.756 e. The summed E-state index contributed by atoms with van der Waals surface area (Å²) in [4.78, 5) is 37.9. The molecule has 0 amide bonds. The van der Waals surface area contributed by atoms with Crippen LogP contribution in [0.4, 0.5) is 0 Å². The summed E-state index contributed by atoms with van der Waals surface area (Å²) < 4.78 is 34.2. The molecular weight excluding hydrogens is 906 g/mol. The van der Waals surface area contributed by atoms with E-state index in [0.717, 1.165) is 32.1 Å². The zero-order valence-electron chi connectivity index (χ0n) is 48.2. The van der Waals surface area contributed by atoms with Crippen LogP contribution < -0.4 is 4.89 Å². The van der Waals surface area contributed by atoms with Gasteiger partial charge in [0, 0.05) is 12.8 Å². The summed E-state index contributed by atoms with van der Waals surface area (Å²) in [6.45, 7) is 4.32. The van der Waals surface area contributed by atoms with Crippen molar-refractivity contribution in [2.45, 2.75) is 335 Å². The van der Waals surface area contributed by atoms with Gasteiger partial charge in [0.2, 0.25) is 0 Å². The van der Waals surface area contributed by atoms with Gasteiger partial charge in [0.1, 0.15) is 19.8 Å². The van der Waals surface area contributed by atoms with Crippen LogP contribution in [0.1, 0.15) is 328 Å². The minimum absolute atomic E-state index is 0.0250. The SMILES string of the molecule is CCCCCCCCCCCCCCCCCCCCCCCCCCCCCCCC(=O)OC(COC(=O)CCCCCCCCCCCCCCCCCCCC)COP(=O)([O-])OCC[N+](C)(C)C. The van der Waals surface area contributed by atoms with Crippen LogP contribution in [0.2, 0.25) is 0 Å². The van der Waals surface area contributed by atoms with Crippen LogP contribution in [0.25, 0.3) is 0 Å². The molecule has 2 atom stereocenters. The molecule has 424 valence electrons. The Morgan fingerprint density at radius 1 is 0.380 bits per heavy atom. The Kier molecular flexibility index (Phi) is 53.1. The molecule has 0 heterocycles. The van der Waals surface area contributed by atoms with Crippen molar-refractivity contribution in [1.29, 1.82) is 0 Å². The van der Waals surface area contributed by atoms with Crippen LogP contribution in [-0.2, 0) is 32.7 Å². The fraction of sp³-hybridized carbons (Fsp3) is 0.967. The quantitative estimate of drug-likeness (QED) is 0.0256. The van der Waals surface area contributed by atoms with Crippen LogP contribution >= 0.6 is 7.82 Å². The van der Waals surface area contributed by atoms with E-state index in [4.69, 9.17) is 18.5 Å². The van der Waals surface area contributed by atoms with E-state index in [9.17, 15) is 19.0 Å². The Hall–Kier alpha value is -0.990. The number of esters is 2. The summed E-state index contributed by atoms with van der Waals surface area (Å²) in [6, 6.07) is 0. The Bertz CT molecular complexity index is 1160. The van der Waals surface area contributed by atoms with Crippen LogP contribution in [0, 0.1) is 0 Å². The molecule has 0 bridgehead atoms. The van der Waals surface area contributed by atoms with Gasteiger partial charge in [-0.25, -0.2) is 0 Å². The molecule has 0 saturated carbocycles. The van der Waals surface area contributed by atoms with Gasteiger partial charge in [-0.05, 0) is 12.8 Å². The van der Waals surface area contributed by atoms with Crippen LogP contribution in [-0.4, -0.2) is 70.0 Å². The third-order valence-corrected chi connectivity index (χ3v) is 15.3. The molecule has 0 rings (SSSR count). The van der Waals surface area contributed by atoms with Crippen molar-refractivity contribution in [2.24, 2.45) is 0 Å². The van der Waals surface area contributed by atoms with Crippen LogP contribution in [0.5, 0.6) is 0 Å². The summed E-state index contributed by atoms with van der Waals surface area (Å²) in [7, 11) is 1.19. The number of carbonyl (C=O) groups is 2. The largest absolute Gasteiger partial charge is 0.756 e. The third kappa shape index (κ3) is 58.1. The van der Waals surface area contributed by atoms with Crippen molar-refractivity contribution in [2.75, 3.05) is 47.5 Å². The summed E-state index contributed by atoms with van der Waals surface area (Å²) in [5, 5.41) is 0. The highest BCUT2D eigenvalue weighted by Gasteiger charge is 2.22. The standard InChI is InChI=1S/C61H122NO8P/c1-6-8-10-12-14-16-18-20-22-24-26-27-28-29-30-31-32-33-34-35-36-38-40-42-44-46-48-50-52-54-61(64)70-59(58-69-71(65,66)68-56-55-62(3,4)5)57-67-60(63)53-51-49-47-45-43-41-39-37-25-23-21-19-17-15-13-11-9-7-2/h59H,6-58H2,1-5H3. The molecule has 0 saturated heterocycles. The summed E-state index contributed by atoms with van der Waals surface area (Å²) >= 11 is 0. The number of hydrogen-bond acceptors (Lipinski definition) is 8. The molecule has 9 nitrogen and oxygen atoms in total. The lowest BCUT2D eigenvalue weighted by Gasteiger charge is -2.28. The predicted molar refractivity (Wildman–Crippen MR) is 301 cm³/mol. The van der Waals surface area contributed by atoms with E-state index in [0.29, 0.717) is 17.4 Å². The van der Waals surface area contributed by atoms with Gasteiger partial charge >= 0.3 is 11.9 Å². The Balaban J connectivity index is 4.01. The summed E-state index contributed by atoms with van der Waals surface area (Å²) in [6.07, 6.45) is 61.7. The predicted octanol–water partition coefficient (Wildman–Crippen LogP) is 18.8. The van der Waals surface area contributed by atoms with E-state index in [2.05, 4.69) is 13.8 Å². The highest BCUT2D eigenvalue weighted by molar-refractivity contribution is 7.45. The molecule has 0 radical (unpaired) electrons. The van der Waals surface area contributed by atoms with Gasteiger partial charge < -0.3 is 27.9 Å². The lowest BCUT2D eigenvalue weighted by molar-refractivity contribution is -0.870. The minimum atomic E-state index is -4.63. The maximum atomic E-state index is 12.8. The van der Waals surface area contributed by atoms with Crippen molar-refractivity contribution in [3.05, 3.63) is 0 Å². The molecule has 0 aliphatic rings. The molecule has 0 aliphatic carbocycles. The summed E-state index contributed by atoms with van der Waals surface area (Å²) in [5.41, 5.74) is 0. The average molecular weight is 1030 g/mol. The zero-order chi connectivity index (χ0) is 52.0.